The molecule has 0 aliphatic heterocycles. The fourth-order valence-electron chi connectivity index (χ4n) is 2.20. The first-order valence-corrected chi connectivity index (χ1v) is 7.77. The third kappa shape index (κ3) is 2.92. The second-order valence-electron chi connectivity index (χ2n) is 4.69. The quantitative estimate of drug-likeness (QED) is 0.858. The van der Waals surface area contributed by atoms with Gasteiger partial charge in [-0.2, -0.15) is 0 Å². The first-order chi connectivity index (χ1) is 9.99. The maximum atomic E-state index is 11.9. The molecule has 2 aromatic rings. The van der Waals surface area contributed by atoms with E-state index in [9.17, 15) is 4.79 Å². The van der Waals surface area contributed by atoms with Crippen LogP contribution in [0, 0.1) is 6.92 Å². The zero-order valence-electron chi connectivity index (χ0n) is 12.7. The minimum Gasteiger partial charge on any atom is -0.461 e. The Morgan fingerprint density at radius 3 is 2.76 bits per heavy atom. The number of anilines is 1. The third-order valence-corrected chi connectivity index (χ3v) is 4.27. The average Bonchev–Trinajstić information content (AvgIpc) is 3.02. The summed E-state index contributed by atoms with van der Waals surface area (Å²) in [6.07, 6.45) is 2.51. The number of aryl methyl sites for hydroxylation is 2. The number of esters is 1. The Labute approximate surface area is 128 Å². The van der Waals surface area contributed by atoms with Gasteiger partial charge in [0.05, 0.1) is 12.6 Å². The predicted octanol–water partition coefficient (Wildman–Crippen LogP) is 2.58. The summed E-state index contributed by atoms with van der Waals surface area (Å²) in [6, 6.07) is -0.0608. The van der Waals surface area contributed by atoms with Gasteiger partial charge in [-0.1, -0.05) is 6.92 Å². The second kappa shape index (κ2) is 6.26. The number of hydrogen-bond acceptors (Lipinski definition) is 6. The molecule has 2 heterocycles. The number of thiazole rings is 1. The van der Waals surface area contributed by atoms with Crippen LogP contribution in [0.1, 0.15) is 53.0 Å². The highest BCUT2D eigenvalue weighted by Crippen LogP contribution is 2.29. The van der Waals surface area contributed by atoms with Crippen LogP contribution in [-0.2, 0) is 11.2 Å². The van der Waals surface area contributed by atoms with E-state index in [-0.39, 0.29) is 11.7 Å². The van der Waals surface area contributed by atoms with Gasteiger partial charge in [-0.05, 0) is 20.8 Å². The fourth-order valence-corrected chi connectivity index (χ4v) is 3.02. The third-order valence-electron chi connectivity index (χ3n) is 3.19. The molecule has 1 atom stereocenters. The number of aromatic nitrogens is 3. The number of nitrogens with zero attached hydrogens (tertiary/aromatic N) is 3. The highest BCUT2D eigenvalue weighted by Gasteiger charge is 2.25. The van der Waals surface area contributed by atoms with Crippen LogP contribution in [0.4, 0.5) is 5.82 Å². The summed E-state index contributed by atoms with van der Waals surface area (Å²) in [5.41, 5.74) is 6.32. The Morgan fingerprint density at radius 1 is 1.52 bits per heavy atom. The zero-order chi connectivity index (χ0) is 15.6. The number of carbonyl (C=O) groups is 1. The molecule has 0 radical (unpaired) electrons. The number of ether oxygens (including phenoxy) is 1. The Morgan fingerprint density at radius 2 is 2.24 bits per heavy atom. The van der Waals surface area contributed by atoms with Crippen LogP contribution in [0.25, 0.3) is 0 Å². The monoisotopic (exact) mass is 308 g/mol. The highest BCUT2D eigenvalue weighted by molar-refractivity contribution is 7.11. The normalized spacial score (nSPS) is 12.4. The van der Waals surface area contributed by atoms with Gasteiger partial charge in [0.25, 0.3) is 0 Å². The summed E-state index contributed by atoms with van der Waals surface area (Å²) in [7, 11) is 0. The van der Waals surface area contributed by atoms with Crippen LogP contribution < -0.4 is 5.73 Å². The van der Waals surface area contributed by atoms with Crippen LogP contribution in [0.15, 0.2) is 6.20 Å². The van der Waals surface area contributed by atoms with E-state index in [0.717, 1.165) is 15.7 Å². The van der Waals surface area contributed by atoms with E-state index in [0.29, 0.717) is 18.8 Å². The van der Waals surface area contributed by atoms with Crippen molar-refractivity contribution in [2.45, 2.75) is 40.2 Å². The van der Waals surface area contributed by atoms with E-state index < -0.39 is 5.97 Å². The van der Waals surface area contributed by atoms with Crippen molar-refractivity contribution < 1.29 is 9.53 Å². The molecule has 1 unspecified atom stereocenters. The molecule has 0 aromatic carbocycles. The molecule has 6 nitrogen and oxygen atoms in total. The Hall–Kier alpha value is -1.89. The molecular formula is C14H20N4O2S. The molecular weight excluding hydrogens is 288 g/mol. The Kier molecular flexibility index (Phi) is 4.62. The van der Waals surface area contributed by atoms with Gasteiger partial charge in [-0.3, -0.25) is 0 Å². The van der Waals surface area contributed by atoms with Crippen LogP contribution in [-0.4, -0.2) is 27.1 Å². The van der Waals surface area contributed by atoms with Crippen molar-refractivity contribution in [1.82, 2.24) is 14.5 Å². The van der Waals surface area contributed by atoms with Crippen molar-refractivity contribution in [3.8, 4) is 0 Å². The summed E-state index contributed by atoms with van der Waals surface area (Å²) in [4.78, 5) is 21.8. The lowest BCUT2D eigenvalue weighted by molar-refractivity contribution is 0.0521. The lowest BCUT2D eigenvalue weighted by Crippen LogP contribution is -2.14. The SMILES string of the molecule is CCOC(=O)c1nc(CC)n(C(C)c2ncc(C)s2)c1N. The van der Waals surface area contributed by atoms with Crippen molar-refractivity contribution in [2.24, 2.45) is 0 Å². The van der Waals surface area contributed by atoms with Crippen molar-refractivity contribution in [1.29, 1.82) is 0 Å². The lowest BCUT2D eigenvalue weighted by Gasteiger charge is -2.15. The number of nitrogen functional groups attached to an aromatic ring is 1. The number of rotatable bonds is 5. The van der Waals surface area contributed by atoms with Crippen LogP contribution in [0.2, 0.25) is 0 Å². The summed E-state index contributed by atoms with van der Waals surface area (Å²) >= 11 is 1.62. The molecule has 0 saturated carbocycles. The molecule has 0 amide bonds. The Balaban J connectivity index is 2.45. The minimum atomic E-state index is -0.481. The summed E-state index contributed by atoms with van der Waals surface area (Å²) < 4.78 is 6.87. The lowest BCUT2D eigenvalue weighted by atomic mass is 10.3. The molecule has 0 saturated heterocycles. The van der Waals surface area contributed by atoms with Gasteiger partial charge in [0.2, 0.25) is 0 Å². The average molecular weight is 308 g/mol. The fraction of sp³-hybridized carbons (Fsp3) is 0.500. The molecule has 0 fully saturated rings. The zero-order valence-corrected chi connectivity index (χ0v) is 13.5. The van der Waals surface area contributed by atoms with Crippen molar-refractivity contribution in [2.75, 3.05) is 12.3 Å². The first-order valence-electron chi connectivity index (χ1n) is 6.95. The number of imidazole rings is 1. The van der Waals surface area contributed by atoms with Crippen LogP contribution in [0.5, 0.6) is 0 Å². The van der Waals surface area contributed by atoms with E-state index in [1.165, 1.54) is 0 Å². The van der Waals surface area contributed by atoms with Gasteiger partial charge >= 0.3 is 5.97 Å². The van der Waals surface area contributed by atoms with E-state index >= 15 is 0 Å². The summed E-state index contributed by atoms with van der Waals surface area (Å²) in [5, 5.41) is 0.946. The van der Waals surface area contributed by atoms with Crippen LogP contribution in [0.3, 0.4) is 0 Å². The largest absolute Gasteiger partial charge is 0.461 e. The van der Waals surface area contributed by atoms with Gasteiger partial charge in [0, 0.05) is 17.5 Å². The van der Waals surface area contributed by atoms with Crippen molar-refractivity contribution in [3.05, 3.63) is 27.6 Å². The number of hydrogen-bond donors (Lipinski definition) is 1. The van der Waals surface area contributed by atoms with Gasteiger partial charge in [0.15, 0.2) is 5.69 Å². The maximum absolute atomic E-state index is 11.9. The van der Waals surface area contributed by atoms with Crippen molar-refractivity contribution >= 4 is 23.1 Å². The second-order valence-corrected chi connectivity index (χ2v) is 5.96. The van der Waals surface area contributed by atoms with Crippen molar-refractivity contribution in [3.63, 3.8) is 0 Å². The van der Waals surface area contributed by atoms with E-state index in [4.69, 9.17) is 10.5 Å². The number of carbonyl (C=O) groups excluding carboxylic acids is 1. The molecule has 0 aliphatic rings. The molecule has 2 N–H and O–H groups in total. The molecule has 2 rings (SSSR count). The van der Waals surface area contributed by atoms with Gasteiger partial charge < -0.3 is 15.0 Å². The summed E-state index contributed by atoms with van der Waals surface area (Å²) in [5.74, 6) is 0.618. The molecule has 114 valence electrons. The van der Waals surface area contributed by atoms with E-state index in [1.807, 2.05) is 31.5 Å². The van der Waals surface area contributed by atoms with Crippen LogP contribution >= 0.6 is 11.3 Å². The molecule has 0 spiro atoms. The van der Waals surface area contributed by atoms with E-state index in [2.05, 4.69) is 9.97 Å². The highest BCUT2D eigenvalue weighted by atomic mass is 32.1. The van der Waals surface area contributed by atoms with Gasteiger partial charge in [-0.15, -0.1) is 11.3 Å². The molecule has 21 heavy (non-hydrogen) atoms. The Bertz CT molecular complexity index is 647. The first kappa shape index (κ1) is 15.5. The minimum absolute atomic E-state index is 0.0608. The summed E-state index contributed by atoms with van der Waals surface area (Å²) in [6.45, 7) is 8.05. The number of nitrogens with two attached hydrogens (primary N) is 1. The molecule has 2 aromatic heterocycles. The predicted molar refractivity (Wildman–Crippen MR) is 82.6 cm³/mol. The standard InChI is InChI=1S/C14H20N4O2S/c1-5-10-17-11(14(19)20-6-2)12(15)18(10)9(4)13-16-7-8(3)21-13/h7,9H,5-6,15H2,1-4H3. The smallest absolute Gasteiger partial charge is 0.360 e. The molecule has 7 heteroatoms. The van der Waals surface area contributed by atoms with Gasteiger partial charge in [-0.25, -0.2) is 14.8 Å². The van der Waals surface area contributed by atoms with E-state index in [1.54, 1.807) is 18.3 Å². The maximum Gasteiger partial charge on any atom is 0.360 e. The molecule has 0 aliphatic carbocycles. The van der Waals surface area contributed by atoms with Gasteiger partial charge in [0.1, 0.15) is 16.6 Å². The topological polar surface area (TPSA) is 83.0 Å². The molecule has 0 bridgehead atoms.